The average Bonchev–Trinajstić information content (AvgIpc) is 3.04. The van der Waals surface area contributed by atoms with Crippen LogP contribution in [0, 0.1) is 13.8 Å². The Labute approximate surface area is 147 Å². The molecule has 1 aliphatic rings. The van der Waals surface area contributed by atoms with E-state index in [0.717, 1.165) is 45.4 Å². The van der Waals surface area contributed by atoms with E-state index >= 15 is 0 Å². The number of carboxylic acid groups (broad SMARTS) is 1. The summed E-state index contributed by atoms with van der Waals surface area (Å²) in [7, 11) is 0. The number of fused-ring (bicyclic) bond motifs is 1. The molecule has 1 amide bonds. The number of nitrogens with zero attached hydrogens (tertiary/aromatic N) is 1. The minimum Gasteiger partial charge on any atom is -0.481 e. The number of amides is 1. The molecule has 0 radical (unpaired) electrons. The third kappa shape index (κ3) is 3.33. The highest BCUT2D eigenvalue weighted by Gasteiger charge is 2.26. The molecular formula is C21H21NO3. The van der Waals surface area contributed by atoms with E-state index < -0.39 is 5.97 Å². The van der Waals surface area contributed by atoms with Gasteiger partial charge in [0.15, 0.2) is 0 Å². The predicted octanol–water partition coefficient (Wildman–Crippen LogP) is 3.57. The van der Waals surface area contributed by atoms with E-state index in [2.05, 4.69) is 0 Å². The molecule has 0 aromatic heterocycles. The third-order valence-corrected chi connectivity index (χ3v) is 4.89. The van der Waals surface area contributed by atoms with Crippen LogP contribution < -0.4 is 0 Å². The van der Waals surface area contributed by atoms with E-state index in [1.54, 1.807) is 4.90 Å². The smallest absolute Gasteiger partial charge is 0.307 e. The first-order chi connectivity index (χ1) is 12.0. The summed E-state index contributed by atoms with van der Waals surface area (Å²) in [4.78, 5) is 24.3. The predicted molar refractivity (Wildman–Crippen MR) is 97.9 cm³/mol. The zero-order chi connectivity index (χ0) is 18.0. The second-order valence-electron chi connectivity index (χ2n) is 6.42. The molecule has 4 heteroatoms. The van der Waals surface area contributed by atoms with Crippen molar-refractivity contribution in [3.8, 4) is 0 Å². The van der Waals surface area contributed by atoms with E-state index in [-0.39, 0.29) is 6.42 Å². The number of carbonyl (C=O) groups excluding carboxylic acids is 1. The van der Waals surface area contributed by atoms with Gasteiger partial charge in [0, 0.05) is 13.1 Å². The van der Waals surface area contributed by atoms with Crippen LogP contribution in [-0.4, -0.2) is 22.4 Å². The van der Waals surface area contributed by atoms with Crippen molar-refractivity contribution in [2.24, 2.45) is 0 Å². The van der Waals surface area contributed by atoms with Crippen molar-refractivity contribution < 1.29 is 14.7 Å². The van der Waals surface area contributed by atoms with Gasteiger partial charge >= 0.3 is 5.97 Å². The lowest BCUT2D eigenvalue weighted by atomic mass is 9.87. The molecule has 0 saturated heterocycles. The van der Waals surface area contributed by atoms with Crippen LogP contribution in [0.1, 0.15) is 38.9 Å². The molecule has 0 spiro atoms. The van der Waals surface area contributed by atoms with Crippen molar-refractivity contribution in [3.05, 3.63) is 69.3 Å². The number of rotatable bonds is 5. The molecule has 128 valence electrons. The highest BCUT2D eigenvalue weighted by molar-refractivity contribution is 5.80. The summed E-state index contributed by atoms with van der Waals surface area (Å²) in [6.07, 6.45) is 4.84. The molecule has 0 bridgehead atoms. The lowest BCUT2D eigenvalue weighted by Gasteiger charge is -2.17. The van der Waals surface area contributed by atoms with Crippen LogP contribution in [0.5, 0.6) is 0 Å². The highest BCUT2D eigenvalue weighted by atomic mass is 16.4. The Morgan fingerprint density at radius 2 is 1.72 bits per heavy atom. The number of aliphatic carboxylic acids is 1. The van der Waals surface area contributed by atoms with Gasteiger partial charge in [0.2, 0.25) is 6.41 Å². The molecule has 25 heavy (non-hydrogen) atoms. The van der Waals surface area contributed by atoms with Crippen LogP contribution in [0.25, 0.3) is 12.2 Å². The van der Waals surface area contributed by atoms with Gasteiger partial charge in [0.1, 0.15) is 0 Å². The monoisotopic (exact) mass is 335 g/mol. The summed E-state index contributed by atoms with van der Waals surface area (Å²) in [6.45, 7) is 5.12. The summed E-state index contributed by atoms with van der Waals surface area (Å²) in [5, 5.41) is 9.35. The van der Waals surface area contributed by atoms with Crippen molar-refractivity contribution in [2.45, 2.75) is 33.4 Å². The molecule has 2 aromatic rings. The summed E-state index contributed by atoms with van der Waals surface area (Å²) in [5.74, 6) is -0.845. The van der Waals surface area contributed by atoms with E-state index in [1.807, 2.05) is 56.3 Å². The molecule has 0 saturated carbocycles. The minimum atomic E-state index is -0.845. The average molecular weight is 335 g/mol. The largest absolute Gasteiger partial charge is 0.481 e. The number of hydrogen-bond donors (Lipinski definition) is 1. The van der Waals surface area contributed by atoms with Crippen molar-refractivity contribution in [3.63, 3.8) is 0 Å². The zero-order valence-corrected chi connectivity index (χ0v) is 14.5. The number of hydrogen-bond acceptors (Lipinski definition) is 2. The second kappa shape index (κ2) is 6.93. The highest BCUT2D eigenvalue weighted by Crippen LogP contribution is 2.34. The Bertz CT molecular complexity index is 853. The molecule has 0 fully saturated rings. The van der Waals surface area contributed by atoms with Crippen molar-refractivity contribution in [1.82, 2.24) is 4.90 Å². The molecule has 4 nitrogen and oxygen atoms in total. The fourth-order valence-electron chi connectivity index (χ4n) is 3.54. The summed E-state index contributed by atoms with van der Waals surface area (Å²) in [6, 6.07) is 9.93. The molecule has 0 aliphatic carbocycles. The van der Waals surface area contributed by atoms with Gasteiger partial charge in [-0.15, -0.1) is 0 Å². The SMILES string of the molecule is Cc1c(/C=C/c2ccccc2)c(CC(=O)O)c(C)c2c1CN(C=O)C2. The van der Waals surface area contributed by atoms with Crippen molar-refractivity contribution in [1.29, 1.82) is 0 Å². The van der Waals surface area contributed by atoms with Crippen LogP contribution in [0.3, 0.4) is 0 Å². The maximum absolute atomic E-state index is 11.4. The Morgan fingerprint density at radius 1 is 1.08 bits per heavy atom. The van der Waals surface area contributed by atoms with Gasteiger partial charge in [-0.2, -0.15) is 0 Å². The lowest BCUT2D eigenvalue weighted by molar-refractivity contribution is -0.136. The number of carbonyl (C=O) groups is 2. The molecule has 1 heterocycles. The molecule has 2 aromatic carbocycles. The van der Waals surface area contributed by atoms with Crippen LogP contribution >= 0.6 is 0 Å². The van der Waals surface area contributed by atoms with E-state index in [0.29, 0.717) is 13.1 Å². The third-order valence-electron chi connectivity index (χ3n) is 4.89. The minimum absolute atomic E-state index is 0.0183. The van der Waals surface area contributed by atoms with Crippen molar-refractivity contribution >= 4 is 24.5 Å². The number of carboxylic acids is 1. The van der Waals surface area contributed by atoms with Crippen LogP contribution in [0.15, 0.2) is 30.3 Å². The molecule has 1 N–H and O–H groups in total. The number of benzene rings is 2. The summed E-state index contributed by atoms with van der Waals surface area (Å²) in [5.41, 5.74) is 7.15. The molecule has 0 atom stereocenters. The van der Waals surface area contributed by atoms with Crippen LogP contribution in [0.4, 0.5) is 0 Å². The second-order valence-corrected chi connectivity index (χ2v) is 6.42. The van der Waals surface area contributed by atoms with Gasteiger partial charge in [0.25, 0.3) is 0 Å². The fourth-order valence-corrected chi connectivity index (χ4v) is 3.54. The Hall–Kier alpha value is -2.88. The maximum atomic E-state index is 11.4. The lowest BCUT2D eigenvalue weighted by Crippen LogP contribution is -2.13. The van der Waals surface area contributed by atoms with Crippen LogP contribution in [0.2, 0.25) is 0 Å². The summed E-state index contributed by atoms with van der Waals surface area (Å²) >= 11 is 0. The first-order valence-corrected chi connectivity index (χ1v) is 8.29. The van der Waals surface area contributed by atoms with E-state index in [9.17, 15) is 14.7 Å². The van der Waals surface area contributed by atoms with Gasteiger partial charge in [-0.25, -0.2) is 0 Å². The Morgan fingerprint density at radius 3 is 2.32 bits per heavy atom. The molecular weight excluding hydrogens is 314 g/mol. The van der Waals surface area contributed by atoms with E-state index in [4.69, 9.17) is 0 Å². The quantitative estimate of drug-likeness (QED) is 0.671. The normalized spacial score (nSPS) is 13.3. The standard InChI is InChI=1S/C21H21NO3/c1-14-17(9-8-16-6-4-3-5-7-16)18(10-21(24)25)15(2)20-12-22(13-23)11-19(14)20/h3-9,13H,10-12H2,1-2H3,(H,24,25)/b9-8+. The van der Waals surface area contributed by atoms with Gasteiger partial charge in [-0.05, 0) is 52.8 Å². The van der Waals surface area contributed by atoms with Gasteiger partial charge < -0.3 is 10.0 Å². The van der Waals surface area contributed by atoms with E-state index in [1.165, 1.54) is 0 Å². The maximum Gasteiger partial charge on any atom is 0.307 e. The van der Waals surface area contributed by atoms with Gasteiger partial charge in [-0.1, -0.05) is 42.5 Å². The van der Waals surface area contributed by atoms with Gasteiger partial charge in [-0.3, -0.25) is 9.59 Å². The van der Waals surface area contributed by atoms with Gasteiger partial charge in [0.05, 0.1) is 6.42 Å². The van der Waals surface area contributed by atoms with Crippen LogP contribution in [-0.2, 0) is 29.1 Å². The Kier molecular flexibility index (Phi) is 4.70. The molecule has 1 aliphatic heterocycles. The Balaban J connectivity index is 2.13. The summed E-state index contributed by atoms with van der Waals surface area (Å²) < 4.78 is 0. The fraction of sp³-hybridized carbons (Fsp3) is 0.238. The first kappa shape index (κ1) is 17.0. The molecule has 0 unspecified atom stereocenters. The topological polar surface area (TPSA) is 57.6 Å². The molecule has 3 rings (SSSR count). The first-order valence-electron chi connectivity index (χ1n) is 8.29. The van der Waals surface area contributed by atoms with Crippen molar-refractivity contribution in [2.75, 3.05) is 0 Å². The zero-order valence-electron chi connectivity index (χ0n) is 14.5.